The molecule has 16 N–H and O–H groups in total. The van der Waals surface area contributed by atoms with E-state index in [4.69, 9.17) is 79.8 Å². The summed E-state index contributed by atoms with van der Waals surface area (Å²) in [6, 6.07) is 76.4. The van der Waals surface area contributed by atoms with Gasteiger partial charge in [-0.05, 0) is 123 Å². The standard InChI is InChI=1S/C38H33NO9S.C33H35N3O6S.C13H19N3O5S.CH7N3/c1-44-32-18-14-30(15-19-32)38(28-9-5-3-6-10-28,29-11-7-4-8-12-29)49-24-23-36(40)48-34-22-13-27(25-35(34)45-2)26-46-37(41)47-33-20-16-31(17-21-33)39(42)43;1-39-27-16-14-26(15-17-27)33(24-9-5-3-6-10-24,25-11-7-4-8-12-25)43-20-19-30(37)42-28-18-13-23(21-29(28)40-2)22-41-32(38)36-31(34)35;1-19-10-6-8(7-20-13(18)16-12(14)15)2-3-9(10)21-11(17)4-5-22;2-1(3)4/h3-22,25H,23-24,26H2,1-2H3;3-18,21,31H,19-20,22,34-35H2,1-2H3,(H,36,38);2-3,6,12,22H,4-5,7,14-15H2,1H3,(H,16,18);1H,2-4H2. The molecule has 0 saturated carbocycles. The van der Waals surface area contributed by atoms with E-state index < -0.39 is 69.5 Å². The van der Waals surface area contributed by atoms with Crippen LogP contribution in [0.3, 0.4) is 0 Å². The molecule has 0 aliphatic rings. The number of amides is 2. The lowest BCUT2D eigenvalue weighted by Crippen LogP contribution is -2.48. The number of nitrogens with zero attached hydrogens (tertiary/aromatic N) is 1. The van der Waals surface area contributed by atoms with Crippen molar-refractivity contribution in [2.24, 2.45) is 40.1 Å². The van der Waals surface area contributed by atoms with Gasteiger partial charge in [-0.25, -0.2) is 14.4 Å². The van der Waals surface area contributed by atoms with Gasteiger partial charge in [-0.1, -0.05) is 164 Å². The van der Waals surface area contributed by atoms with Gasteiger partial charge < -0.3 is 74.0 Å². The number of thioether (sulfide) groups is 2. The average molecular weight is 1670 g/mol. The number of methoxy groups -OCH3 is 5. The highest BCUT2D eigenvalue weighted by Gasteiger charge is 2.39. The van der Waals surface area contributed by atoms with Gasteiger partial charge in [0.1, 0.15) is 55.9 Å². The van der Waals surface area contributed by atoms with Crippen LogP contribution in [0.25, 0.3) is 0 Å². The fourth-order valence-corrected chi connectivity index (χ4v) is 14.4. The summed E-state index contributed by atoms with van der Waals surface area (Å²) in [5.41, 5.74) is 43.1. The van der Waals surface area contributed by atoms with Crippen LogP contribution in [0.15, 0.2) is 249 Å². The third-order valence-electron chi connectivity index (χ3n) is 16.5. The van der Waals surface area contributed by atoms with E-state index in [2.05, 4.69) is 113 Å². The molecule has 0 fully saturated rings. The summed E-state index contributed by atoms with van der Waals surface area (Å²) in [7, 11) is 7.63. The maximum Gasteiger partial charge on any atom is 0.514 e. The van der Waals surface area contributed by atoms with Crippen LogP contribution < -0.4 is 93.4 Å². The van der Waals surface area contributed by atoms with Crippen LogP contribution in [0, 0.1) is 10.1 Å². The number of nitro groups is 1. The molecule has 10 aromatic rings. The average Bonchev–Trinajstić information content (AvgIpc) is 0.760. The normalized spacial score (nSPS) is 10.8. The minimum absolute atomic E-state index is 0.0141. The van der Waals surface area contributed by atoms with Gasteiger partial charge in [-0.2, -0.15) is 12.6 Å². The van der Waals surface area contributed by atoms with E-state index in [1.165, 1.54) is 45.6 Å². The monoisotopic (exact) mass is 1670 g/mol. The second-order valence-corrected chi connectivity index (χ2v) is 27.9. The van der Waals surface area contributed by atoms with E-state index in [1.807, 2.05) is 97.1 Å². The summed E-state index contributed by atoms with van der Waals surface area (Å²) >= 11 is 7.26. The zero-order chi connectivity index (χ0) is 85.4. The highest BCUT2D eigenvalue weighted by Crippen LogP contribution is 2.51. The smallest absolute Gasteiger partial charge is 0.497 e. The van der Waals surface area contributed by atoms with Crippen LogP contribution in [-0.2, 0) is 57.9 Å². The summed E-state index contributed by atoms with van der Waals surface area (Å²) in [6.45, 7) is -0.217. The van der Waals surface area contributed by atoms with Crippen molar-refractivity contribution >= 4 is 78.1 Å². The summed E-state index contributed by atoms with van der Waals surface area (Å²) in [4.78, 5) is 83.0. The van der Waals surface area contributed by atoms with Crippen LogP contribution in [0.5, 0.6) is 51.7 Å². The maximum atomic E-state index is 13.2. The lowest BCUT2D eigenvalue weighted by molar-refractivity contribution is -0.384. The zero-order valence-electron chi connectivity index (χ0n) is 65.2. The number of hydrogen-bond donors (Lipinski definition) is 10. The lowest BCUT2D eigenvalue weighted by atomic mass is 9.84. The number of non-ortho nitro benzene ring substituents is 1. The quantitative estimate of drug-likeness (QED) is 0.00206. The molecule has 0 aliphatic heterocycles. The molecule has 10 aromatic carbocycles. The number of ether oxygens (including phenoxy) is 12. The molecule has 0 aliphatic carbocycles. The van der Waals surface area contributed by atoms with Crippen LogP contribution in [-0.4, -0.2) is 113 Å². The van der Waals surface area contributed by atoms with Crippen molar-refractivity contribution in [1.29, 1.82) is 0 Å². The molecule has 0 atom stereocenters. The topological polar surface area (TPSA) is 463 Å². The number of benzene rings is 10. The second kappa shape index (κ2) is 48.2. The van der Waals surface area contributed by atoms with E-state index in [-0.39, 0.29) is 73.5 Å². The number of nitrogens with one attached hydrogen (secondary N) is 2. The molecule has 0 bridgehead atoms. The van der Waals surface area contributed by atoms with Gasteiger partial charge in [0.2, 0.25) is 0 Å². The number of carbonyl (C=O) groups excluding carboxylic acids is 6. The molecule has 0 heterocycles. The van der Waals surface area contributed by atoms with Crippen molar-refractivity contribution in [3.05, 3.63) is 309 Å². The Bertz CT molecular complexity index is 4740. The van der Waals surface area contributed by atoms with Crippen molar-refractivity contribution in [2.45, 2.75) is 67.4 Å². The van der Waals surface area contributed by atoms with E-state index in [0.29, 0.717) is 45.4 Å². The van der Waals surface area contributed by atoms with Crippen molar-refractivity contribution in [3.63, 3.8) is 0 Å². The number of esters is 3. The molecular weight excluding hydrogens is 1580 g/mol. The first-order valence-electron chi connectivity index (χ1n) is 36.1. The predicted molar refractivity (Wildman–Crippen MR) is 451 cm³/mol. The van der Waals surface area contributed by atoms with Gasteiger partial charge in [0, 0.05) is 29.4 Å². The van der Waals surface area contributed by atoms with Crippen LogP contribution >= 0.6 is 36.2 Å². The Kier molecular flexibility index (Phi) is 37.9. The van der Waals surface area contributed by atoms with Gasteiger partial charge in [0.25, 0.3) is 5.69 Å². The van der Waals surface area contributed by atoms with E-state index in [0.717, 1.165) is 44.9 Å². The molecule has 118 heavy (non-hydrogen) atoms. The van der Waals surface area contributed by atoms with Crippen molar-refractivity contribution in [2.75, 3.05) is 52.8 Å². The number of nitrogens with two attached hydrogens (primary N) is 7. The Morgan fingerprint density at radius 3 is 0.966 bits per heavy atom. The van der Waals surface area contributed by atoms with Crippen molar-refractivity contribution < 1.29 is 90.5 Å². The highest BCUT2D eigenvalue weighted by molar-refractivity contribution is 8.00. The second-order valence-electron chi connectivity index (χ2n) is 24.8. The van der Waals surface area contributed by atoms with Gasteiger partial charge in [-0.3, -0.25) is 58.1 Å². The van der Waals surface area contributed by atoms with E-state index in [9.17, 15) is 38.9 Å². The summed E-state index contributed by atoms with van der Waals surface area (Å²) in [5, 5.41) is 15.2. The first kappa shape index (κ1) is 92.8. The minimum atomic E-state index is -1.02. The summed E-state index contributed by atoms with van der Waals surface area (Å²) in [5.74, 6) is 3.42. The van der Waals surface area contributed by atoms with Gasteiger partial charge in [0.05, 0.1) is 69.2 Å². The summed E-state index contributed by atoms with van der Waals surface area (Å²) < 4.78 is 62.4. The molecule has 0 aromatic heterocycles. The first-order valence-corrected chi connectivity index (χ1v) is 38.7. The highest BCUT2D eigenvalue weighted by atomic mass is 32.2. The SMILES string of the molecule is COc1cc(COC(=O)NC(N)N)ccc1OC(=O)CCS.COc1ccc(C(SCCC(=O)Oc2ccc(COC(=O)NC(N)N)cc2OC)(c2ccccc2)c2ccccc2)cc1.COc1ccc(C(SCCC(=O)Oc2ccc(COC(=O)Oc3ccc([N+](=O)[O-])cc3)cc2OC)(c2ccccc2)c2ccccc2)cc1.NC(N)N. The van der Waals surface area contributed by atoms with Gasteiger partial charge in [-0.15, -0.1) is 23.5 Å². The van der Waals surface area contributed by atoms with Crippen LogP contribution in [0.1, 0.15) is 69.3 Å². The van der Waals surface area contributed by atoms with E-state index >= 15 is 0 Å². The molecule has 30 nitrogen and oxygen atoms in total. The Morgan fingerprint density at radius 1 is 0.381 bits per heavy atom. The van der Waals surface area contributed by atoms with Crippen molar-refractivity contribution in [1.82, 2.24) is 10.6 Å². The van der Waals surface area contributed by atoms with Crippen LogP contribution in [0.4, 0.5) is 20.1 Å². The maximum absolute atomic E-state index is 13.2. The zero-order valence-corrected chi connectivity index (χ0v) is 67.7. The molecule has 0 unspecified atom stereocenters. The first-order chi connectivity index (χ1) is 56.9. The number of alkyl carbamates (subject to hydrolysis) is 2. The molecule has 2 amide bonds. The molecule has 33 heteroatoms. The third-order valence-corrected chi connectivity index (χ3v) is 19.9. The predicted octanol–water partition coefficient (Wildman–Crippen LogP) is 12.0. The number of carbonyl (C=O) groups is 6. The number of hydrogen-bond acceptors (Lipinski definition) is 30. The van der Waals surface area contributed by atoms with Crippen molar-refractivity contribution in [3.8, 4) is 51.7 Å². The lowest BCUT2D eigenvalue weighted by Gasteiger charge is -2.35. The Morgan fingerprint density at radius 2 is 0.678 bits per heavy atom. The van der Waals surface area contributed by atoms with E-state index in [1.54, 1.807) is 92.3 Å². The largest absolute Gasteiger partial charge is 0.514 e. The third kappa shape index (κ3) is 28.8. The van der Waals surface area contributed by atoms with Gasteiger partial charge in [0.15, 0.2) is 34.5 Å². The number of thiol groups is 1. The molecular formula is C85H94N10O20S3. The molecule has 0 saturated heterocycles. The number of nitro benzene ring substituents is 1. The summed E-state index contributed by atoms with van der Waals surface area (Å²) in [6.07, 6.45) is -4.70. The van der Waals surface area contributed by atoms with Crippen LogP contribution in [0.2, 0.25) is 0 Å². The Hall–Kier alpha value is -12.4. The molecule has 10 rings (SSSR count). The fourth-order valence-electron chi connectivity index (χ4n) is 11.2. The molecule has 622 valence electrons. The van der Waals surface area contributed by atoms with Gasteiger partial charge >= 0.3 is 36.2 Å². The molecule has 0 radical (unpaired) electrons. The Labute approximate surface area is 696 Å². The minimum Gasteiger partial charge on any atom is -0.497 e. The number of rotatable bonds is 34. The Balaban J connectivity index is 0.000000254. The molecule has 0 spiro atoms. The fraction of sp³-hybridized carbons (Fsp3) is 0.224.